The van der Waals surface area contributed by atoms with Crippen molar-refractivity contribution >= 4 is 39.5 Å². The molecule has 0 aliphatic carbocycles. The Hall–Kier alpha value is -0.940. The molecule has 0 bridgehead atoms. The quantitative estimate of drug-likeness (QED) is 0.490. The molecule has 0 spiro atoms. The number of hydrogen-bond donors (Lipinski definition) is 2. The highest BCUT2D eigenvalue weighted by Crippen LogP contribution is 2.08. The maximum atomic E-state index is 4.85. The molecule has 5 heteroatoms. The normalized spacial score (nSPS) is 10.1. The van der Waals surface area contributed by atoms with Crippen molar-refractivity contribution in [2.24, 2.45) is 5.10 Å². The molecule has 0 aliphatic rings. The van der Waals surface area contributed by atoms with Crippen LogP contribution >= 0.6 is 28.1 Å². The summed E-state index contributed by atoms with van der Waals surface area (Å²) in [4.78, 5) is 0. The summed E-state index contributed by atoms with van der Waals surface area (Å²) in [6, 6.07) is 7.82. The SMILES string of the molecule is CNC(=S)NN=Cc1ccc(Br)cc1. The predicted octanol–water partition coefficient (Wildman–Crippen LogP) is 1.88. The Bertz CT molecular complexity index is 334. The summed E-state index contributed by atoms with van der Waals surface area (Å²) in [7, 11) is 1.74. The molecule has 0 aromatic heterocycles. The minimum absolute atomic E-state index is 0.498. The number of thiocarbonyl (C=S) groups is 1. The van der Waals surface area contributed by atoms with E-state index in [-0.39, 0.29) is 0 Å². The highest BCUT2D eigenvalue weighted by molar-refractivity contribution is 9.10. The van der Waals surface area contributed by atoms with Crippen LogP contribution < -0.4 is 10.7 Å². The lowest BCUT2D eigenvalue weighted by molar-refractivity contribution is 0.982. The van der Waals surface area contributed by atoms with Crippen molar-refractivity contribution < 1.29 is 0 Å². The van der Waals surface area contributed by atoms with E-state index in [2.05, 4.69) is 31.8 Å². The fourth-order valence-corrected chi connectivity index (χ4v) is 1.09. The van der Waals surface area contributed by atoms with Crippen molar-refractivity contribution in [3.63, 3.8) is 0 Å². The van der Waals surface area contributed by atoms with Crippen molar-refractivity contribution in [2.75, 3.05) is 7.05 Å². The second kappa shape index (κ2) is 5.72. The van der Waals surface area contributed by atoms with Crippen LogP contribution in [0.15, 0.2) is 33.8 Å². The predicted molar refractivity (Wildman–Crippen MR) is 66.5 cm³/mol. The van der Waals surface area contributed by atoms with E-state index in [1.54, 1.807) is 13.3 Å². The molecule has 0 amide bonds. The molecule has 0 fully saturated rings. The van der Waals surface area contributed by atoms with Crippen LogP contribution in [0.2, 0.25) is 0 Å². The van der Waals surface area contributed by atoms with E-state index in [1.807, 2.05) is 24.3 Å². The van der Waals surface area contributed by atoms with Crippen molar-refractivity contribution in [1.29, 1.82) is 0 Å². The van der Waals surface area contributed by atoms with E-state index in [0.717, 1.165) is 10.0 Å². The number of hydrazone groups is 1. The second-order valence-electron chi connectivity index (χ2n) is 2.50. The first kappa shape index (κ1) is 11.1. The monoisotopic (exact) mass is 271 g/mol. The van der Waals surface area contributed by atoms with Crippen LogP contribution in [0.4, 0.5) is 0 Å². The maximum Gasteiger partial charge on any atom is 0.186 e. The summed E-state index contributed by atoms with van der Waals surface area (Å²) in [5.74, 6) is 0. The Morgan fingerprint density at radius 3 is 2.64 bits per heavy atom. The van der Waals surface area contributed by atoms with Crippen molar-refractivity contribution in [3.05, 3.63) is 34.3 Å². The molecule has 2 N–H and O–H groups in total. The summed E-state index contributed by atoms with van der Waals surface area (Å²) in [5.41, 5.74) is 3.69. The van der Waals surface area contributed by atoms with Gasteiger partial charge in [-0.3, -0.25) is 5.43 Å². The molecule has 0 unspecified atom stereocenters. The third-order valence-electron chi connectivity index (χ3n) is 1.48. The molecule has 74 valence electrons. The molecule has 1 rings (SSSR count). The maximum absolute atomic E-state index is 4.85. The van der Waals surface area contributed by atoms with Crippen LogP contribution in [0.25, 0.3) is 0 Å². The van der Waals surface area contributed by atoms with E-state index in [1.165, 1.54) is 0 Å². The van der Waals surface area contributed by atoms with Gasteiger partial charge in [-0.1, -0.05) is 28.1 Å². The van der Waals surface area contributed by atoms with Gasteiger partial charge < -0.3 is 5.32 Å². The first-order valence-electron chi connectivity index (χ1n) is 3.98. The van der Waals surface area contributed by atoms with Gasteiger partial charge in [0.2, 0.25) is 0 Å². The lowest BCUT2D eigenvalue weighted by Gasteiger charge is -1.99. The number of nitrogens with zero attached hydrogens (tertiary/aromatic N) is 1. The first-order valence-corrected chi connectivity index (χ1v) is 5.19. The average molecular weight is 272 g/mol. The van der Waals surface area contributed by atoms with Crippen LogP contribution in [0.5, 0.6) is 0 Å². The van der Waals surface area contributed by atoms with Crippen LogP contribution in [0.1, 0.15) is 5.56 Å². The molecule has 0 aliphatic heterocycles. The average Bonchev–Trinajstić information content (AvgIpc) is 2.21. The fraction of sp³-hybridized carbons (Fsp3) is 0.111. The highest BCUT2D eigenvalue weighted by atomic mass is 79.9. The number of halogens is 1. The molecule has 14 heavy (non-hydrogen) atoms. The van der Waals surface area contributed by atoms with Gasteiger partial charge in [0, 0.05) is 11.5 Å². The van der Waals surface area contributed by atoms with Gasteiger partial charge in [-0.25, -0.2) is 0 Å². The van der Waals surface area contributed by atoms with Gasteiger partial charge in [-0.05, 0) is 29.9 Å². The molecule has 1 aromatic rings. The Balaban J connectivity index is 2.52. The van der Waals surface area contributed by atoms with Gasteiger partial charge in [0.1, 0.15) is 0 Å². The Morgan fingerprint density at radius 1 is 1.43 bits per heavy atom. The molecule has 0 heterocycles. The highest BCUT2D eigenvalue weighted by Gasteiger charge is 1.88. The van der Waals surface area contributed by atoms with E-state index in [4.69, 9.17) is 12.2 Å². The standard InChI is InChI=1S/C9H10BrN3S/c1-11-9(14)13-12-6-7-2-4-8(10)5-3-7/h2-6H,1H3,(H2,11,13,14). The lowest BCUT2D eigenvalue weighted by atomic mass is 10.2. The summed E-state index contributed by atoms with van der Waals surface area (Å²) in [5, 5.41) is 7.21. The van der Waals surface area contributed by atoms with Gasteiger partial charge in [-0.15, -0.1) is 0 Å². The van der Waals surface area contributed by atoms with Gasteiger partial charge >= 0.3 is 0 Å². The zero-order chi connectivity index (χ0) is 10.4. The smallest absolute Gasteiger partial charge is 0.186 e. The van der Waals surface area contributed by atoms with E-state index in [9.17, 15) is 0 Å². The number of rotatable bonds is 2. The Morgan fingerprint density at radius 2 is 2.07 bits per heavy atom. The topological polar surface area (TPSA) is 36.4 Å². The summed E-state index contributed by atoms with van der Waals surface area (Å²) in [6.07, 6.45) is 1.70. The molecular weight excluding hydrogens is 262 g/mol. The number of nitrogens with one attached hydrogen (secondary N) is 2. The van der Waals surface area contributed by atoms with Crippen LogP contribution in [-0.2, 0) is 0 Å². The van der Waals surface area contributed by atoms with Gasteiger partial charge in [0.25, 0.3) is 0 Å². The molecule has 0 atom stereocenters. The van der Waals surface area contributed by atoms with Gasteiger partial charge in [0.15, 0.2) is 5.11 Å². The third kappa shape index (κ3) is 3.85. The van der Waals surface area contributed by atoms with Gasteiger partial charge in [0.05, 0.1) is 6.21 Å². The summed E-state index contributed by atoms with van der Waals surface area (Å²) < 4.78 is 1.05. The summed E-state index contributed by atoms with van der Waals surface area (Å²) in [6.45, 7) is 0. The van der Waals surface area contributed by atoms with Crippen molar-refractivity contribution in [1.82, 2.24) is 10.7 Å². The van der Waals surface area contributed by atoms with E-state index >= 15 is 0 Å². The van der Waals surface area contributed by atoms with Crippen LogP contribution in [0, 0.1) is 0 Å². The molecule has 0 radical (unpaired) electrons. The van der Waals surface area contributed by atoms with Crippen molar-refractivity contribution in [2.45, 2.75) is 0 Å². The number of hydrogen-bond acceptors (Lipinski definition) is 2. The molecule has 3 nitrogen and oxygen atoms in total. The van der Waals surface area contributed by atoms with Gasteiger partial charge in [-0.2, -0.15) is 5.10 Å². The van der Waals surface area contributed by atoms with E-state index in [0.29, 0.717) is 5.11 Å². The number of benzene rings is 1. The molecular formula is C9H10BrN3S. The van der Waals surface area contributed by atoms with Crippen LogP contribution in [0.3, 0.4) is 0 Å². The fourth-order valence-electron chi connectivity index (χ4n) is 0.770. The minimum atomic E-state index is 0.498. The molecule has 0 saturated carbocycles. The zero-order valence-electron chi connectivity index (χ0n) is 7.62. The Kier molecular flexibility index (Phi) is 4.55. The first-order chi connectivity index (χ1) is 6.72. The largest absolute Gasteiger partial charge is 0.364 e. The van der Waals surface area contributed by atoms with Crippen LogP contribution in [-0.4, -0.2) is 18.4 Å². The molecule has 1 aromatic carbocycles. The van der Waals surface area contributed by atoms with Crippen molar-refractivity contribution in [3.8, 4) is 0 Å². The second-order valence-corrected chi connectivity index (χ2v) is 3.82. The summed E-state index contributed by atoms with van der Waals surface area (Å²) >= 11 is 8.21. The minimum Gasteiger partial charge on any atom is -0.364 e. The third-order valence-corrected chi connectivity index (χ3v) is 2.30. The molecule has 0 saturated heterocycles. The zero-order valence-corrected chi connectivity index (χ0v) is 10.0. The van der Waals surface area contributed by atoms with E-state index < -0.39 is 0 Å². The Labute approximate surface area is 96.7 Å². The lowest BCUT2D eigenvalue weighted by Crippen LogP contribution is -2.28.